The highest BCUT2D eigenvalue weighted by atomic mass is 32.1. The van der Waals surface area contributed by atoms with E-state index in [-0.39, 0.29) is 13.2 Å². The molecule has 1 rings (SSSR count). The maximum absolute atomic E-state index is 11.9. The molecule has 0 saturated heterocycles. The summed E-state index contributed by atoms with van der Waals surface area (Å²) in [6, 6.07) is 0. The highest BCUT2D eigenvalue weighted by Gasteiger charge is 2.16. The summed E-state index contributed by atoms with van der Waals surface area (Å²) >= 11 is 1.53. The van der Waals surface area contributed by atoms with Gasteiger partial charge in [-0.15, -0.1) is 0 Å². The molecule has 9 heteroatoms. The smallest absolute Gasteiger partial charge is 0.268 e. The van der Waals surface area contributed by atoms with Crippen molar-refractivity contribution in [3.63, 3.8) is 0 Å². The number of aromatic nitrogens is 1. The minimum Gasteiger partial charge on any atom is -0.756 e. The van der Waals surface area contributed by atoms with Crippen LogP contribution in [0.15, 0.2) is 17.1 Å². The number of ether oxygens (including phenoxy) is 2. The van der Waals surface area contributed by atoms with E-state index in [0.29, 0.717) is 19.8 Å². The zero-order chi connectivity index (χ0) is 26.2. The number of hydrogen-bond donors (Lipinski definition) is 0. The molecule has 0 saturated carbocycles. The Morgan fingerprint density at radius 3 is 1.86 bits per heavy atom. The largest absolute Gasteiger partial charge is 0.756 e. The molecule has 1 aromatic rings. The van der Waals surface area contributed by atoms with E-state index >= 15 is 0 Å². The van der Waals surface area contributed by atoms with Gasteiger partial charge in [-0.2, -0.15) is 4.57 Å². The predicted octanol–water partition coefficient (Wildman–Crippen LogP) is 6.83. The van der Waals surface area contributed by atoms with E-state index in [1.54, 1.807) is 0 Å². The van der Waals surface area contributed by atoms with Crippen molar-refractivity contribution in [1.29, 1.82) is 0 Å². The Morgan fingerprint density at radius 1 is 0.806 bits per heavy atom. The Hall–Kier alpha value is -0.340. The Balaban J connectivity index is 1.86. The molecule has 0 aliphatic heterocycles. The zero-order valence-electron chi connectivity index (χ0n) is 22.9. The van der Waals surface area contributed by atoms with Gasteiger partial charge in [0.05, 0.1) is 18.6 Å². The summed E-state index contributed by atoms with van der Waals surface area (Å²) < 4.78 is 34.6. The summed E-state index contributed by atoms with van der Waals surface area (Å²) in [5, 5.41) is 1.91. The fourth-order valence-corrected chi connectivity index (χ4v) is 5.37. The lowest BCUT2D eigenvalue weighted by Crippen LogP contribution is -2.33. The van der Waals surface area contributed by atoms with E-state index in [4.69, 9.17) is 18.5 Å². The normalized spacial score (nSPS) is 14.2. The first-order valence-electron chi connectivity index (χ1n) is 14.2. The van der Waals surface area contributed by atoms with Crippen molar-refractivity contribution in [3.05, 3.63) is 17.1 Å². The van der Waals surface area contributed by atoms with Gasteiger partial charge in [0, 0.05) is 13.7 Å². The molecule has 0 aromatic carbocycles. The number of rotatable bonds is 27. The summed E-state index contributed by atoms with van der Waals surface area (Å²) in [7, 11) is -2.83. The van der Waals surface area contributed by atoms with Crippen LogP contribution in [-0.4, -0.2) is 39.6 Å². The van der Waals surface area contributed by atoms with Gasteiger partial charge in [0.15, 0.2) is 12.7 Å². The van der Waals surface area contributed by atoms with Crippen molar-refractivity contribution in [3.8, 4) is 0 Å². The maximum Gasteiger partial charge on any atom is 0.268 e. The summed E-state index contributed by atoms with van der Waals surface area (Å²) in [4.78, 5) is 11.9. The summed E-state index contributed by atoms with van der Waals surface area (Å²) in [5.41, 5.74) is 1.89. The number of phosphoric acid groups is 1. The van der Waals surface area contributed by atoms with Crippen molar-refractivity contribution in [2.75, 3.05) is 33.5 Å². The fourth-order valence-electron chi connectivity index (χ4n) is 4.01. The molecule has 1 heterocycles. The lowest BCUT2D eigenvalue weighted by atomic mass is 10.0. The number of unbranched alkanes of at least 4 members (excludes halogenated alkanes) is 15. The van der Waals surface area contributed by atoms with Gasteiger partial charge in [0.1, 0.15) is 12.7 Å². The van der Waals surface area contributed by atoms with Gasteiger partial charge < -0.3 is 23.4 Å². The predicted molar refractivity (Wildman–Crippen MR) is 145 cm³/mol. The van der Waals surface area contributed by atoms with Crippen molar-refractivity contribution in [2.45, 2.75) is 122 Å². The summed E-state index contributed by atoms with van der Waals surface area (Å²) in [6.07, 6.45) is 22.9. The van der Waals surface area contributed by atoms with E-state index in [2.05, 4.69) is 6.92 Å². The molecule has 2 unspecified atom stereocenters. The van der Waals surface area contributed by atoms with Gasteiger partial charge in [-0.3, -0.25) is 4.57 Å². The second-order valence-electron chi connectivity index (χ2n) is 9.58. The van der Waals surface area contributed by atoms with Crippen LogP contribution < -0.4 is 9.46 Å². The quantitative estimate of drug-likeness (QED) is 0.0680. The summed E-state index contributed by atoms with van der Waals surface area (Å²) in [5.74, 6) is 0. The number of nitrogens with zero attached hydrogens (tertiary/aromatic N) is 1. The average molecular weight is 550 g/mol. The number of methoxy groups -OCH3 is 1. The fraction of sp³-hybridized carbons (Fsp3) is 0.889. The molecule has 212 valence electrons. The van der Waals surface area contributed by atoms with E-state index in [0.717, 1.165) is 12.8 Å². The van der Waals surface area contributed by atoms with Crippen LogP contribution in [0, 0.1) is 0 Å². The van der Waals surface area contributed by atoms with Crippen LogP contribution in [0.1, 0.15) is 110 Å². The molecule has 36 heavy (non-hydrogen) atoms. The first kappa shape index (κ1) is 33.7. The second kappa shape index (κ2) is 23.8. The van der Waals surface area contributed by atoms with Gasteiger partial charge in [-0.25, -0.2) is 0 Å². The molecule has 1 aromatic heterocycles. The minimum absolute atomic E-state index is 0.0373. The lowest BCUT2D eigenvalue weighted by molar-refractivity contribution is -0.693. The molecular formula is C27H52NO6PS. The van der Waals surface area contributed by atoms with E-state index < -0.39 is 13.9 Å². The van der Waals surface area contributed by atoms with Crippen LogP contribution in [-0.2, 0) is 29.6 Å². The standard InChI is InChI=1S/C27H52NO6PS/c1-3-4-5-6-7-8-9-10-11-12-13-14-15-16-17-18-21-32-24-27(31-2)25-34-35(29,30)33-22-19-28-20-23-36-26-28/h20,23,26-27H,3-19,21-22,24-25H2,1-2H3. The molecule has 0 fully saturated rings. The second-order valence-corrected chi connectivity index (χ2v) is 11.7. The third-order valence-corrected chi connectivity index (χ3v) is 7.96. The molecule has 2 atom stereocenters. The van der Waals surface area contributed by atoms with Gasteiger partial charge >= 0.3 is 0 Å². The average Bonchev–Trinajstić information content (AvgIpc) is 3.38. The van der Waals surface area contributed by atoms with Crippen LogP contribution in [0.2, 0.25) is 0 Å². The Kier molecular flexibility index (Phi) is 22.2. The van der Waals surface area contributed by atoms with Crippen molar-refractivity contribution < 1.29 is 32.5 Å². The molecule has 7 nitrogen and oxygen atoms in total. The van der Waals surface area contributed by atoms with Crippen molar-refractivity contribution >= 4 is 19.2 Å². The lowest BCUT2D eigenvalue weighted by Gasteiger charge is -2.24. The highest BCUT2D eigenvalue weighted by Crippen LogP contribution is 2.38. The minimum atomic E-state index is -4.35. The monoisotopic (exact) mass is 549 g/mol. The van der Waals surface area contributed by atoms with Gasteiger partial charge in [-0.05, 0) is 6.42 Å². The number of thiazole rings is 1. The summed E-state index contributed by atoms with van der Waals surface area (Å²) in [6.45, 7) is 3.62. The molecule has 0 spiro atoms. The SMILES string of the molecule is CCCCCCCCCCCCCCCCCCOCC(COP(=O)([O-])OCC[n+]1ccsc1)OC. The molecule has 0 N–H and O–H groups in total. The first-order valence-corrected chi connectivity index (χ1v) is 16.6. The maximum atomic E-state index is 11.9. The number of phosphoric ester groups is 1. The van der Waals surface area contributed by atoms with Crippen LogP contribution >= 0.6 is 19.2 Å². The Morgan fingerprint density at radius 2 is 1.36 bits per heavy atom. The molecule has 0 aliphatic carbocycles. The molecule has 0 amide bonds. The molecule has 0 aliphatic rings. The zero-order valence-corrected chi connectivity index (χ0v) is 24.6. The van der Waals surface area contributed by atoms with E-state index in [1.807, 2.05) is 21.7 Å². The third kappa shape index (κ3) is 20.7. The van der Waals surface area contributed by atoms with Crippen LogP contribution in [0.25, 0.3) is 0 Å². The molecular weight excluding hydrogens is 497 g/mol. The van der Waals surface area contributed by atoms with Crippen molar-refractivity contribution in [2.24, 2.45) is 0 Å². The third-order valence-electron chi connectivity index (χ3n) is 6.32. The van der Waals surface area contributed by atoms with E-state index in [9.17, 15) is 9.46 Å². The number of hydrogen-bond acceptors (Lipinski definition) is 7. The van der Waals surface area contributed by atoms with Crippen LogP contribution in [0.4, 0.5) is 0 Å². The van der Waals surface area contributed by atoms with Crippen LogP contribution in [0.5, 0.6) is 0 Å². The van der Waals surface area contributed by atoms with Crippen molar-refractivity contribution in [1.82, 2.24) is 0 Å². The first-order chi connectivity index (χ1) is 17.6. The van der Waals surface area contributed by atoms with E-state index in [1.165, 1.54) is 108 Å². The van der Waals surface area contributed by atoms with Gasteiger partial charge in [0.25, 0.3) is 7.82 Å². The van der Waals surface area contributed by atoms with Crippen LogP contribution in [0.3, 0.4) is 0 Å². The van der Waals surface area contributed by atoms with Gasteiger partial charge in [0.2, 0.25) is 5.51 Å². The highest BCUT2D eigenvalue weighted by molar-refractivity contribution is 7.45. The topological polar surface area (TPSA) is 80.9 Å². The Labute approximate surface area is 224 Å². The molecule has 0 radical (unpaired) electrons. The molecule has 0 bridgehead atoms. The van der Waals surface area contributed by atoms with Gasteiger partial charge in [-0.1, -0.05) is 115 Å². The Bertz CT molecular complexity index is 634.